The van der Waals surface area contributed by atoms with Crippen LogP contribution in [0.1, 0.15) is 36.9 Å². The molecule has 1 unspecified atom stereocenters. The van der Waals surface area contributed by atoms with Crippen molar-refractivity contribution in [2.24, 2.45) is 5.92 Å². The lowest BCUT2D eigenvalue weighted by Gasteiger charge is -2.32. The monoisotopic (exact) mass is 462 g/mol. The van der Waals surface area contributed by atoms with Crippen LogP contribution in [0.3, 0.4) is 0 Å². The Morgan fingerprint density at radius 1 is 0.882 bits per heavy atom. The summed E-state index contributed by atoms with van der Waals surface area (Å²) in [5.41, 5.74) is 2.53. The quantitative estimate of drug-likeness (QED) is 0.493. The molecule has 7 nitrogen and oxygen atoms in total. The maximum Gasteiger partial charge on any atom is 0.414 e. The summed E-state index contributed by atoms with van der Waals surface area (Å²) < 4.78 is 0. The lowest BCUT2D eigenvalue weighted by molar-refractivity contribution is -0.159. The van der Waals surface area contributed by atoms with Crippen LogP contribution in [0.2, 0.25) is 0 Å². The molecule has 0 spiro atoms. The molecule has 3 aromatic rings. The largest absolute Gasteiger partial charge is 0.473 e. The number of fused-ring (bicyclic) bond motifs is 1. The summed E-state index contributed by atoms with van der Waals surface area (Å²) in [7, 11) is 0. The minimum absolute atomic E-state index is 0.0578. The Labute approximate surface area is 199 Å². The third kappa shape index (κ3) is 6.89. The van der Waals surface area contributed by atoms with Crippen molar-refractivity contribution in [3.8, 4) is 0 Å². The van der Waals surface area contributed by atoms with E-state index in [4.69, 9.17) is 19.8 Å². The topological polar surface area (TPSA) is 107 Å². The van der Waals surface area contributed by atoms with Crippen LogP contribution in [0.5, 0.6) is 0 Å². The second-order valence-corrected chi connectivity index (χ2v) is 8.44. The summed E-state index contributed by atoms with van der Waals surface area (Å²) in [6, 6.07) is 25.3. The third-order valence-electron chi connectivity index (χ3n) is 6.07. The number of amides is 1. The minimum Gasteiger partial charge on any atom is -0.473 e. The number of nitrogens with one attached hydrogen (secondary N) is 1. The van der Waals surface area contributed by atoms with E-state index in [9.17, 15) is 4.79 Å². The predicted octanol–water partition coefficient (Wildman–Crippen LogP) is 4.08. The third-order valence-corrected chi connectivity index (χ3v) is 6.07. The van der Waals surface area contributed by atoms with Crippen molar-refractivity contribution in [2.75, 3.05) is 13.1 Å². The molecule has 3 aromatic carbocycles. The van der Waals surface area contributed by atoms with Gasteiger partial charge in [0.1, 0.15) is 0 Å². The normalized spacial score (nSPS) is 15.1. The van der Waals surface area contributed by atoms with E-state index < -0.39 is 11.9 Å². The molecule has 0 aliphatic carbocycles. The molecule has 1 saturated heterocycles. The molecule has 3 N–H and O–H groups in total. The SMILES string of the molecule is CC(NC(=O)C1CCN(Cc2cccc3ccccc23)CC1)c1ccccc1.O=C(O)C(=O)O. The first-order chi connectivity index (χ1) is 16.3. The smallest absolute Gasteiger partial charge is 0.414 e. The Morgan fingerprint density at radius 2 is 1.47 bits per heavy atom. The average Bonchev–Trinajstić information content (AvgIpc) is 2.85. The molecule has 0 aromatic heterocycles. The van der Waals surface area contributed by atoms with E-state index in [-0.39, 0.29) is 17.9 Å². The maximum atomic E-state index is 12.7. The molecule has 1 heterocycles. The van der Waals surface area contributed by atoms with Crippen LogP contribution in [0, 0.1) is 5.92 Å². The van der Waals surface area contributed by atoms with Crippen molar-refractivity contribution in [1.29, 1.82) is 0 Å². The van der Waals surface area contributed by atoms with Gasteiger partial charge in [-0.05, 0) is 54.8 Å². The van der Waals surface area contributed by atoms with Crippen molar-refractivity contribution in [3.63, 3.8) is 0 Å². The van der Waals surface area contributed by atoms with Gasteiger partial charge < -0.3 is 15.5 Å². The van der Waals surface area contributed by atoms with Gasteiger partial charge in [-0.25, -0.2) is 9.59 Å². The number of nitrogens with zero attached hydrogens (tertiary/aromatic N) is 1. The van der Waals surface area contributed by atoms with Crippen LogP contribution in [0.4, 0.5) is 0 Å². The highest BCUT2D eigenvalue weighted by Gasteiger charge is 2.26. The molecule has 1 amide bonds. The first-order valence-corrected chi connectivity index (χ1v) is 11.4. The van der Waals surface area contributed by atoms with Gasteiger partial charge in [-0.3, -0.25) is 9.69 Å². The first kappa shape index (κ1) is 24.9. The van der Waals surface area contributed by atoms with Crippen LogP contribution < -0.4 is 5.32 Å². The van der Waals surface area contributed by atoms with Gasteiger partial charge in [0.05, 0.1) is 6.04 Å². The number of piperidine rings is 1. The second kappa shape index (κ2) is 12.0. The van der Waals surface area contributed by atoms with Gasteiger partial charge in [-0.1, -0.05) is 72.8 Å². The molecule has 0 radical (unpaired) electrons. The molecular formula is C27H30N2O5. The average molecular weight is 463 g/mol. The number of hydrogen-bond donors (Lipinski definition) is 3. The fourth-order valence-electron chi connectivity index (χ4n) is 4.18. The van der Waals surface area contributed by atoms with Crippen molar-refractivity contribution in [2.45, 2.75) is 32.4 Å². The zero-order chi connectivity index (χ0) is 24.5. The van der Waals surface area contributed by atoms with Crippen LogP contribution in [0.25, 0.3) is 10.8 Å². The summed E-state index contributed by atoms with van der Waals surface area (Å²) in [6.45, 7) is 4.96. The summed E-state index contributed by atoms with van der Waals surface area (Å²) >= 11 is 0. The second-order valence-electron chi connectivity index (χ2n) is 8.44. The highest BCUT2D eigenvalue weighted by molar-refractivity contribution is 6.27. The predicted molar refractivity (Wildman–Crippen MR) is 130 cm³/mol. The fraction of sp³-hybridized carbons (Fsp3) is 0.296. The lowest BCUT2D eigenvalue weighted by atomic mass is 9.94. The molecule has 34 heavy (non-hydrogen) atoms. The lowest BCUT2D eigenvalue weighted by Crippen LogP contribution is -2.40. The fourth-order valence-corrected chi connectivity index (χ4v) is 4.18. The number of hydrogen-bond acceptors (Lipinski definition) is 4. The van der Waals surface area contributed by atoms with Crippen molar-refractivity contribution < 1.29 is 24.6 Å². The van der Waals surface area contributed by atoms with E-state index >= 15 is 0 Å². The standard InChI is InChI=1S/C25H28N2O.C2H2O4/c1-19(20-8-3-2-4-9-20)26-25(28)22-14-16-27(17-15-22)18-23-12-7-11-21-10-5-6-13-24(21)23;3-1(4)2(5)6/h2-13,19,22H,14-18H2,1H3,(H,26,28);(H,3,4)(H,5,6). The highest BCUT2D eigenvalue weighted by Crippen LogP contribution is 2.24. The first-order valence-electron chi connectivity index (χ1n) is 11.4. The summed E-state index contributed by atoms with van der Waals surface area (Å²) in [5.74, 6) is -3.33. The summed E-state index contributed by atoms with van der Waals surface area (Å²) in [6.07, 6.45) is 1.86. The molecule has 4 rings (SSSR count). The Balaban J connectivity index is 0.000000481. The van der Waals surface area contributed by atoms with Gasteiger partial charge >= 0.3 is 11.9 Å². The zero-order valence-corrected chi connectivity index (χ0v) is 19.2. The van der Waals surface area contributed by atoms with Gasteiger partial charge in [0.2, 0.25) is 5.91 Å². The molecule has 1 fully saturated rings. The summed E-state index contributed by atoms with van der Waals surface area (Å²) in [4.78, 5) is 33.4. The molecular weight excluding hydrogens is 432 g/mol. The molecule has 1 aliphatic heterocycles. The number of likely N-dealkylation sites (tertiary alicyclic amines) is 1. The molecule has 7 heteroatoms. The van der Waals surface area contributed by atoms with Crippen molar-refractivity contribution in [3.05, 3.63) is 83.9 Å². The molecule has 1 aliphatic rings. The Hall–Kier alpha value is -3.71. The maximum absolute atomic E-state index is 12.7. The Bertz CT molecular complexity index is 1110. The van der Waals surface area contributed by atoms with Crippen molar-refractivity contribution >= 4 is 28.6 Å². The Morgan fingerprint density at radius 3 is 2.12 bits per heavy atom. The number of rotatable bonds is 5. The van der Waals surface area contributed by atoms with E-state index in [1.54, 1.807) is 0 Å². The van der Waals surface area contributed by atoms with Gasteiger partial charge in [-0.15, -0.1) is 0 Å². The summed E-state index contributed by atoms with van der Waals surface area (Å²) in [5, 5.41) is 20.6. The number of carboxylic acids is 2. The van der Waals surface area contributed by atoms with E-state index in [0.29, 0.717) is 0 Å². The van der Waals surface area contributed by atoms with Gasteiger partial charge in [-0.2, -0.15) is 0 Å². The number of carboxylic acid groups (broad SMARTS) is 2. The molecule has 1 atom stereocenters. The molecule has 0 bridgehead atoms. The van der Waals surface area contributed by atoms with Crippen LogP contribution in [0.15, 0.2) is 72.8 Å². The zero-order valence-electron chi connectivity index (χ0n) is 19.2. The van der Waals surface area contributed by atoms with E-state index in [1.807, 2.05) is 18.2 Å². The molecule has 178 valence electrons. The Kier molecular flexibility index (Phi) is 8.76. The minimum atomic E-state index is -1.82. The highest BCUT2D eigenvalue weighted by atomic mass is 16.4. The number of benzene rings is 3. The van der Waals surface area contributed by atoms with Gasteiger partial charge in [0.15, 0.2) is 0 Å². The number of carbonyl (C=O) groups is 3. The van der Waals surface area contributed by atoms with Gasteiger partial charge in [0.25, 0.3) is 0 Å². The molecule has 0 saturated carbocycles. The number of carbonyl (C=O) groups excluding carboxylic acids is 1. The van der Waals surface area contributed by atoms with Gasteiger partial charge in [0, 0.05) is 12.5 Å². The van der Waals surface area contributed by atoms with Crippen LogP contribution >= 0.6 is 0 Å². The van der Waals surface area contributed by atoms with Crippen molar-refractivity contribution in [1.82, 2.24) is 10.2 Å². The number of aliphatic carboxylic acids is 2. The van der Waals surface area contributed by atoms with E-state index in [0.717, 1.165) is 38.0 Å². The van der Waals surface area contributed by atoms with Crippen LogP contribution in [-0.2, 0) is 20.9 Å². The van der Waals surface area contributed by atoms with E-state index in [2.05, 4.69) is 71.7 Å². The van der Waals surface area contributed by atoms with E-state index in [1.165, 1.54) is 16.3 Å². The van der Waals surface area contributed by atoms with Crippen LogP contribution in [-0.4, -0.2) is 46.0 Å².